The number of fused-ring (bicyclic) bond motifs is 1. The fourth-order valence-corrected chi connectivity index (χ4v) is 1.15. The lowest BCUT2D eigenvalue weighted by molar-refractivity contribution is 0.857. The van der Waals surface area contributed by atoms with Crippen LogP contribution in [0.15, 0.2) is 22.2 Å². The Kier molecular flexibility index (Phi) is 1.58. The number of halogens is 1. The lowest BCUT2D eigenvalue weighted by Crippen LogP contribution is -2.30. The second kappa shape index (κ2) is 2.58. The van der Waals surface area contributed by atoms with Gasteiger partial charge < -0.3 is 0 Å². The highest BCUT2D eigenvalue weighted by atomic mass is 35.5. The third-order valence-electron chi connectivity index (χ3n) is 1.49. The van der Waals surface area contributed by atoms with Crippen LogP contribution in [0.5, 0.6) is 0 Å². The first-order valence-corrected chi connectivity index (χ1v) is 3.74. The van der Waals surface area contributed by atoms with E-state index in [4.69, 9.17) is 11.6 Å². The molecule has 1 aliphatic rings. The summed E-state index contributed by atoms with van der Waals surface area (Å²) in [5.41, 5.74) is 0. The van der Waals surface area contributed by atoms with E-state index in [9.17, 15) is 0 Å². The minimum atomic E-state index is 0.476. The highest BCUT2D eigenvalue weighted by Gasteiger charge is 1.96. The molecular weight excluding hydrogens is 162 g/mol. The molecule has 0 saturated carbocycles. The molecule has 2 rings (SSSR count). The van der Waals surface area contributed by atoms with Gasteiger partial charge in [0, 0.05) is 6.07 Å². The van der Waals surface area contributed by atoms with Crippen molar-refractivity contribution in [3.05, 3.63) is 28.1 Å². The van der Waals surface area contributed by atoms with Gasteiger partial charge in [0.2, 0.25) is 0 Å². The lowest BCUT2D eigenvalue weighted by Gasteiger charge is -1.97. The van der Waals surface area contributed by atoms with E-state index in [0.717, 1.165) is 23.8 Å². The second-order valence-corrected chi connectivity index (χ2v) is 2.65. The Balaban J connectivity index is 2.80. The zero-order valence-corrected chi connectivity index (χ0v) is 6.54. The van der Waals surface area contributed by atoms with Crippen molar-refractivity contribution in [1.82, 2.24) is 4.98 Å². The Labute approximate surface area is 68.5 Å². The van der Waals surface area contributed by atoms with E-state index in [1.807, 2.05) is 0 Å². The number of pyridine rings is 1. The summed E-state index contributed by atoms with van der Waals surface area (Å²) in [7, 11) is 0. The zero-order valence-electron chi connectivity index (χ0n) is 5.79. The third kappa shape index (κ3) is 1.24. The van der Waals surface area contributed by atoms with Crippen LogP contribution in [0.3, 0.4) is 0 Å². The molecule has 0 aromatic carbocycles. The first kappa shape index (κ1) is 6.73. The van der Waals surface area contributed by atoms with E-state index in [1.165, 1.54) is 0 Å². The maximum absolute atomic E-state index is 5.66. The smallest absolute Gasteiger partial charge is 0.131 e. The summed E-state index contributed by atoms with van der Waals surface area (Å²) < 4.78 is 0. The fourth-order valence-electron chi connectivity index (χ4n) is 1.00. The van der Waals surface area contributed by atoms with E-state index in [1.54, 1.807) is 12.3 Å². The van der Waals surface area contributed by atoms with Crippen LogP contribution in [0.2, 0.25) is 5.15 Å². The molecule has 0 aliphatic carbocycles. The Morgan fingerprint density at radius 3 is 2.73 bits per heavy atom. The molecule has 0 fully saturated rings. The fraction of sp³-hybridized carbons (Fsp3) is 0.286. The second-order valence-electron chi connectivity index (χ2n) is 2.26. The standard InChI is InChI=1S/C7H6ClN3/c8-7-3-5-6(4-11-7)10-2-1-9-5/h3-4H,1-2H2. The Hall–Kier alpha value is -0.960. The molecule has 1 aromatic heterocycles. The molecule has 2 heterocycles. The first-order valence-electron chi connectivity index (χ1n) is 3.37. The van der Waals surface area contributed by atoms with Gasteiger partial charge in [-0.05, 0) is 0 Å². The van der Waals surface area contributed by atoms with Gasteiger partial charge in [0.15, 0.2) is 0 Å². The predicted molar refractivity (Wildman–Crippen MR) is 41.3 cm³/mol. The van der Waals surface area contributed by atoms with Crippen molar-refractivity contribution in [3.63, 3.8) is 0 Å². The molecule has 0 atom stereocenters. The summed E-state index contributed by atoms with van der Waals surface area (Å²) in [6.45, 7) is 1.52. The minimum absolute atomic E-state index is 0.476. The SMILES string of the molecule is Clc1cc2c(cn1)=NCCN=2. The van der Waals surface area contributed by atoms with Crippen LogP contribution < -0.4 is 10.7 Å². The summed E-state index contributed by atoms with van der Waals surface area (Å²) in [6, 6.07) is 1.74. The van der Waals surface area contributed by atoms with Crippen LogP contribution in [0.25, 0.3) is 0 Å². The Morgan fingerprint density at radius 1 is 1.18 bits per heavy atom. The van der Waals surface area contributed by atoms with Crippen LogP contribution in [0, 0.1) is 0 Å². The number of nitrogens with zero attached hydrogens (tertiary/aromatic N) is 3. The van der Waals surface area contributed by atoms with Crippen LogP contribution in [-0.2, 0) is 0 Å². The van der Waals surface area contributed by atoms with Crippen molar-refractivity contribution in [2.75, 3.05) is 13.1 Å². The van der Waals surface area contributed by atoms with E-state index >= 15 is 0 Å². The molecule has 0 unspecified atom stereocenters. The number of hydrogen-bond donors (Lipinski definition) is 0. The summed E-state index contributed by atoms with van der Waals surface area (Å²) in [5.74, 6) is 0. The van der Waals surface area contributed by atoms with Gasteiger partial charge in [-0.15, -0.1) is 0 Å². The Bertz CT molecular complexity index is 385. The largest absolute Gasteiger partial charge is 0.281 e. The number of hydrogen-bond acceptors (Lipinski definition) is 3. The van der Waals surface area contributed by atoms with Crippen molar-refractivity contribution < 1.29 is 0 Å². The predicted octanol–water partition coefficient (Wildman–Crippen LogP) is -0.0122. The van der Waals surface area contributed by atoms with E-state index in [0.29, 0.717) is 5.15 Å². The van der Waals surface area contributed by atoms with Crippen molar-refractivity contribution in [2.24, 2.45) is 9.98 Å². The molecule has 56 valence electrons. The van der Waals surface area contributed by atoms with Crippen molar-refractivity contribution in [1.29, 1.82) is 0 Å². The lowest BCUT2D eigenvalue weighted by atomic mass is 10.4. The van der Waals surface area contributed by atoms with Gasteiger partial charge in [-0.25, -0.2) is 4.98 Å². The quantitative estimate of drug-likeness (QED) is 0.501. The highest BCUT2D eigenvalue weighted by Crippen LogP contribution is 1.94. The van der Waals surface area contributed by atoms with Gasteiger partial charge in [-0.3, -0.25) is 9.98 Å². The van der Waals surface area contributed by atoms with Crippen LogP contribution in [-0.4, -0.2) is 18.1 Å². The first-order chi connectivity index (χ1) is 5.36. The molecule has 0 radical (unpaired) electrons. The monoisotopic (exact) mass is 167 g/mol. The molecule has 1 aromatic rings. The van der Waals surface area contributed by atoms with Gasteiger partial charge in [0.25, 0.3) is 0 Å². The molecule has 0 amide bonds. The van der Waals surface area contributed by atoms with Gasteiger partial charge >= 0.3 is 0 Å². The van der Waals surface area contributed by atoms with E-state index in [-0.39, 0.29) is 0 Å². The summed E-state index contributed by atoms with van der Waals surface area (Å²) in [4.78, 5) is 12.4. The van der Waals surface area contributed by atoms with Gasteiger partial charge in [0.1, 0.15) is 10.5 Å². The van der Waals surface area contributed by atoms with E-state index < -0.39 is 0 Å². The van der Waals surface area contributed by atoms with Gasteiger partial charge in [0.05, 0.1) is 24.6 Å². The average molecular weight is 168 g/mol. The molecule has 4 heteroatoms. The maximum atomic E-state index is 5.66. The number of rotatable bonds is 0. The van der Waals surface area contributed by atoms with Crippen LogP contribution in [0.1, 0.15) is 0 Å². The summed E-state index contributed by atoms with van der Waals surface area (Å²) in [5, 5.41) is 2.18. The normalized spacial score (nSPS) is 14.6. The molecule has 1 aliphatic heterocycles. The number of aromatic nitrogens is 1. The topological polar surface area (TPSA) is 37.6 Å². The summed E-state index contributed by atoms with van der Waals surface area (Å²) >= 11 is 5.66. The molecule has 0 saturated heterocycles. The highest BCUT2D eigenvalue weighted by molar-refractivity contribution is 6.29. The summed E-state index contributed by atoms with van der Waals surface area (Å²) in [6.07, 6.45) is 1.65. The Morgan fingerprint density at radius 2 is 1.91 bits per heavy atom. The average Bonchev–Trinajstić information content (AvgIpc) is 2.04. The van der Waals surface area contributed by atoms with Crippen LogP contribution >= 0.6 is 11.6 Å². The third-order valence-corrected chi connectivity index (χ3v) is 1.70. The molecule has 11 heavy (non-hydrogen) atoms. The van der Waals surface area contributed by atoms with Crippen molar-refractivity contribution in [3.8, 4) is 0 Å². The van der Waals surface area contributed by atoms with Crippen LogP contribution in [0.4, 0.5) is 0 Å². The zero-order chi connectivity index (χ0) is 7.68. The molecule has 0 spiro atoms. The van der Waals surface area contributed by atoms with E-state index in [2.05, 4.69) is 15.0 Å². The molecule has 3 nitrogen and oxygen atoms in total. The maximum Gasteiger partial charge on any atom is 0.131 e. The molecule has 0 bridgehead atoms. The molecular formula is C7H6ClN3. The van der Waals surface area contributed by atoms with Crippen molar-refractivity contribution >= 4 is 11.6 Å². The van der Waals surface area contributed by atoms with Gasteiger partial charge in [-0.2, -0.15) is 0 Å². The minimum Gasteiger partial charge on any atom is -0.281 e. The van der Waals surface area contributed by atoms with Crippen molar-refractivity contribution in [2.45, 2.75) is 0 Å². The van der Waals surface area contributed by atoms with Gasteiger partial charge in [-0.1, -0.05) is 11.6 Å². The molecule has 0 N–H and O–H groups in total.